The Bertz CT molecular complexity index is 1260. The van der Waals surface area contributed by atoms with E-state index in [-0.39, 0.29) is 10.6 Å². The maximum Gasteiger partial charge on any atom is 0.264 e. The zero-order valence-electron chi connectivity index (χ0n) is 18.4. The van der Waals surface area contributed by atoms with Crippen LogP contribution >= 0.6 is 11.6 Å². The van der Waals surface area contributed by atoms with E-state index >= 15 is 0 Å². The minimum atomic E-state index is -4.03. The van der Waals surface area contributed by atoms with Crippen LogP contribution in [0.1, 0.15) is 18.1 Å². The molecule has 3 aromatic rings. The van der Waals surface area contributed by atoms with Gasteiger partial charge in [-0.3, -0.25) is 9.10 Å². The van der Waals surface area contributed by atoms with Gasteiger partial charge in [-0.2, -0.15) is 5.10 Å². The number of sulfonamides is 1. The molecular weight excluding hydrogens is 462 g/mol. The van der Waals surface area contributed by atoms with Crippen molar-refractivity contribution in [3.63, 3.8) is 0 Å². The number of nitrogens with zero attached hydrogens (tertiary/aromatic N) is 2. The highest BCUT2D eigenvalue weighted by atomic mass is 35.5. The van der Waals surface area contributed by atoms with Crippen molar-refractivity contribution in [2.45, 2.75) is 18.7 Å². The molecule has 0 saturated carbocycles. The molecule has 33 heavy (non-hydrogen) atoms. The van der Waals surface area contributed by atoms with Crippen molar-refractivity contribution in [1.82, 2.24) is 5.43 Å². The molecule has 9 heteroatoms. The number of aryl methyl sites for hydroxylation is 1. The van der Waals surface area contributed by atoms with E-state index in [1.807, 2.05) is 19.1 Å². The Morgan fingerprint density at radius 3 is 2.33 bits per heavy atom. The molecule has 1 amide bonds. The number of methoxy groups -OCH3 is 1. The normalized spacial score (nSPS) is 11.7. The van der Waals surface area contributed by atoms with Crippen LogP contribution in [0, 0.1) is 6.92 Å². The SMILES string of the molecule is COc1ccc(/C(C)=N\NC(=O)CN(c2cccc(Cl)c2)S(=O)(=O)c2ccc(C)cc2)cc1. The molecule has 3 aromatic carbocycles. The molecule has 0 aliphatic heterocycles. The van der Waals surface area contributed by atoms with Crippen LogP contribution in [0.4, 0.5) is 5.69 Å². The first kappa shape index (κ1) is 24.3. The average Bonchev–Trinajstić information content (AvgIpc) is 2.81. The lowest BCUT2D eigenvalue weighted by molar-refractivity contribution is -0.119. The smallest absolute Gasteiger partial charge is 0.264 e. The number of amides is 1. The van der Waals surface area contributed by atoms with Crippen molar-refractivity contribution in [2.24, 2.45) is 5.10 Å². The lowest BCUT2D eigenvalue weighted by Crippen LogP contribution is -2.39. The monoisotopic (exact) mass is 485 g/mol. The van der Waals surface area contributed by atoms with E-state index in [9.17, 15) is 13.2 Å². The predicted octanol–water partition coefficient (Wildman–Crippen LogP) is 4.39. The Hall–Kier alpha value is -3.36. The third kappa shape index (κ3) is 6.12. The largest absolute Gasteiger partial charge is 0.497 e. The average molecular weight is 486 g/mol. The minimum absolute atomic E-state index is 0.0683. The van der Waals surface area contributed by atoms with Gasteiger partial charge in [0.25, 0.3) is 15.9 Å². The summed E-state index contributed by atoms with van der Waals surface area (Å²) < 4.78 is 32.9. The summed E-state index contributed by atoms with van der Waals surface area (Å²) in [6.07, 6.45) is 0. The maximum atomic E-state index is 13.4. The van der Waals surface area contributed by atoms with Gasteiger partial charge in [0.2, 0.25) is 0 Å². The number of hydrogen-bond donors (Lipinski definition) is 1. The molecule has 0 spiro atoms. The lowest BCUT2D eigenvalue weighted by Gasteiger charge is -2.24. The van der Waals surface area contributed by atoms with Gasteiger partial charge in [0.05, 0.1) is 23.4 Å². The van der Waals surface area contributed by atoms with Crippen LogP contribution in [0.2, 0.25) is 5.02 Å². The summed E-state index contributed by atoms with van der Waals surface area (Å²) in [4.78, 5) is 12.8. The molecule has 0 fully saturated rings. The van der Waals surface area contributed by atoms with Crippen LogP contribution in [-0.2, 0) is 14.8 Å². The number of halogens is 1. The van der Waals surface area contributed by atoms with Crippen LogP contribution in [0.25, 0.3) is 0 Å². The first-order valence-electron chi connectivity index (χ1n) is 10.0. The highest BCUT2D eigenvalue weighted by molar-refractivity contribution is 7.92. The van der Waals surface area contributed by atoms with Gasteiger partial charge in [-0.15, -0.1) is 0 Å². The molecule has 0 aromatic heterocycles. The Morgan fingerprint density at radius 1 is 1.06 bits per heavy atom. The predicted molar refractivity (Wildman–Crippen MR) is 131 cm³/mol. The second kappa shape index (κ2) is 10.5. The Balaban J connectivity index is 1.85. The molecule has 0 aliphatic rings. The van der Waals surface area contributed by atoms with Gasteiger partial charge in [0.15, 0.2) is 0 Å². The third-order valence-electron chi connectivity index (χ3n) is 4.85. The van der Waals surface area contributed by atoms with Crippen LogP contribution in [0.3, 0.4) is 0 Å². The van der Waals surface area contributed by atoms with Crippen molar-refractivity contribution in [1.29, 1.82) is 0 Å². The minimum Gasteiger partial charge on any atom is -0.497 e. The second-order valence-electron chi connectivity index (χ2n) is 7.27. The van der Waals surface area contributed by atoms with E-state index in [0.717, 1.165) is 15.4 Å². The summed E-state index contributed by atoms with van der Waals surface area (Å²) in [5.41, 5.74) is 4.97. The molecule has 172 valence electrons. The molecule has 0 radical (unpaired) electrons. The molecule has 0 aliphatic carbocycles. The Kier molecular flexibility index (Phi) is 7.73. The first-order chi connectivity index (χ1) is 15.7. The fourth-order valence-electron chi connectivity index (χ4n) is 2.99. The quantitative estimate of drug-likeness (QED) is 0.378. The second-order valence-corrected chi connectivity index (χ2v) is 9.56. The summed E-state index contributed by atoms with van der Waals surface area (Å²) in [6.45, 7) is 3.12. The summed E-state index contributed by atoms with van der Waals surface area (Å²) in [7, 11) is -2.45. The van der Waals surface area contributed by atoms with E-state index in [4.69, 9.17) is 16.3 Å². The topological polar surface area (TPSA) is 88.1 Å². The van der Waals surface area contributed by atoms with Crippen molar-refractivity contribution in [3.05, 3.63) is 88.9 Å². The summed E-state index contributed by atoms with van der Waals surface area (Å²) in [5.74, 6) is 0.104. The molecule has 0 atom stereocenters. The van der Waals surface area contributed by atoms with Gasteiger partial charge in [0, 0.05) is 5.02 Å². The maximum absolute atomic E-state index is 13.4. The fourth-order valence-corrected chi connectivity index (χ4v) is 4.59. The standard InChI is InChI=1S/C24H24ClN3O4S/c1-17-7-13-23(14-8-17)33(30,31)28(21-6-4-5-20(25)15-21)16-24(29)27-26-18(2)19-9-11-22(32-3)12-10-19/h4-15H,16H2,1-3H3,(H,27,29)/b26-18-. The van der Waals surface area contributed by atoms with Crippen molar-refractivity contribution in [3.8, 4) is 5.75 Å². The molecule has 0 unspecified atom stereocenters. The number of ether oxygens (including phenoxy) is 1. The first-order valence-corrected chi connectivity index (χ1v) is 11.8. The number of hydrazone groups is 1. The van der Waals surface area contributed by atoms with Gasteiger partial charge >= 0.3 is 0 Å². The number of carbonyl (C=O) groups excluding carboxylic acids is 1. The van der Waals surface area contributed by atoms with Crippen molar-refractivity contribution < 1.29 is 17.9 Å². The Labute approximate surface area is 198 Å². The molecular formula is C24H24ClN3O4S. The van der Waals surface area contributed by atoms with Crippen LogP contribution in [-0.4, -0.2) is 33.7 Å². The van der Waals surface area contributed by atoms with Crippen molar-refractivity contribution >= 4 is 38.9 Å². The lowest BCUT2D eigenvalue weighted by atomic mass is 10.1. The molecule has 7 nitrogen and oxygen atoms in total. The number of carbonyl (C=O) groups is 1. The van der Waals surface area contributed by atoms with Crippen LogP contribution < -0.4 is 14.5 Å². The van der Waals surface area contributed by atoms with E-state index in [0.29, 0.717) is 16.5 Å². The molecule has 0 saturated heterocycles. The van der Waals surface area contributed by atoms with E-state index < -0.39 is 22.5 Å². The highest BCUT2D eigenvalue weighted by Gasteiger charge is 2.27. The number of nitrogens with one attached hydrogen (secondary N) is 1. The highest BCUT2D eigenvalue weighted by Crippen LogP contribution is 2.26. The Morgan fingerprint density at radius 2 is 1.73 bits per heavy atom. The zero-order chi connectivity index (χ0) is 24.0. The fraction of sp³-hybridized carbons (Fsp3) is 0.167. The van der Waals surface area contributed by atoms with Gasteiger partial charge in [0.1, 0.15) is 12.3 Å². The zero-order valence-corrected chi connectivity index (χ0v) is 20.0. The number of rotatable bonds is 8. The van der Waals surface area contributed by atoms with E-state index in [1.165, 1.54) is 18.2 Å². The van der Waals surface area contributed by atoms with Gasteiger partial charge in [-0.05, 0) is 74.0 Å². The van der Waals surface area contributed by atoms with Crippen LogP contribution in [0.5, 0.6) is 5.75 Å². The molecule has 3 rings (SSSR count). The molecule has 0 bridgehead atoms. The number of benzene rings is 3. The van der Waals surface area contributed by atoms with E-state index in [2.05, 4.69) is 10.5 Å². The van der Waals surface area contributed by atoms with E-state index in [1.54, 1.807) is 56.5 Å². The number of anilines is 1. The summed E-state index contributed by atoms with van der Waals surface area (Å²) in [6, 6.07) is 19.9. The number of hydrogen-bond acceptors (Lipinski definition) is 5. The summed E-state index contributed by atoms with van der Waals surface area (Å²) in [5, 5.41) is 4.46. The van der Waals surface area contributed by atoms with Gasteiger partial charge < -0.3 is 4.74 Å². The van der Waals surface area contributed by atoms with Gasteiger partial charge in [-0.1, -0.05) is 35.4 Å². The third-order valence-corrected chi connectivity index (χ3v) is 6.87. The molecule has 0 heterocycles. The van der Waals surface area contributed by atoms with Crippen LogP contribution in [0.15, 0.2) is 82.8 Å². The van der Waals surface area contributed by atoms with Crippen molar-refractivity contribution in [2.75, 3.05) is 18.0 Å². The van der Waals surface area contributed by atoms with Gasteiger partial charge in [-0.25, -0.2) is 13.8 Å². The molecule has 1 N–H and O–H groups in total. The summed E-state index contributed by atoms with van der Waals surface area (Å²) >= 11 is 6.08.